The van der Waals surface area contributed by atoms with E-state index in [1.54, 1.807) is 68.0 Å². The Morgan fingerprint density at radius 2 is 1.58 bits per heavy atom. The van der Waals surface area contributed by atoms with Crippen LogP contribution in [-0.4, -0.2) is 132 Å². The lowest BCUT2D eigenvalue weighted by atomic mass is 9.49. The van der Waals surface area contributed by atoms with Gasteiger partial charge < -0.3 is 49.8 Å². The molecule has 5 heterocycles. The van der Waals surface area contributed by atoms with Crippen molar-refractivity contribution in [1.82, 2.24) is 35.5 Å². The molecule has 0 radical (unpaired) electrons. The number of carbonyl (C=O) groups is 3. The van der Waals surface area contributed by atoms with Crippen molar-refractivity contribution in [1.29, 1.82) is 5.26 Å². The number of likely N-dealkylation sites (tertiary alicyclic amines) is 1. The molecular formula is C54H69ClN12O6. The lowest BCUT2D eigenvalue weighted by Gasteiger charge is -2.63. The number of rotatable bonds is 16. The minimum absolute atomic E-state index is 0.0600. The van der Waals surface area contributed by atoms with E-state index in [-0.39, 0.29) is 54.1 Å². The van der Waals surface area contributed by atoms with Gasteiger partial charge in [-0.15, -0.1) is 0 Å². The maximum absolute atomic E-state index is 13.5. The minimum atomic E-state index is -0.392. The SMILES string of the molecule is CCC1C(=O)N(C)c2cnc(Nc3ccc(C(=O)NC4CCN(CCOC5CCN(c6ncc(C(=O)NC7C(C)(C)C(Oc8ccc(C#N)c(Cl)c8)C7(C)C)cn6)CC5)CC4)cc3OC)nc2N1C1CCCC1. The van der Waals surface area contributed by atoms with Crippen molar-refractivity contribution in [3.8, 4) is 17.6 Å². The number of carbonyl (C=O) groups excluding carboxylic acids is 3. The zero-order valence-corrected chi connectivity index (χ0v) is 43.9. The summed E-state index contributed by atoms with van der Waals surface area (Å²) in [6.07, 6.45) is 13.3. The number of nitriles is 1. The molecule has 5 aliphatic rings. The third kappa shape index (κ3) is 10.7. The van der Waals surface area contributed by atoms with Gasteiger partial charge in [-0.2, -0.15) is 10.2 Å². The highest BCUT2D eigenvalue weighted by molar-refractivity contribution is 6.31. The quantitative estimate of drug-likeness (QED) is 0.0993. The average molecular weight is 1020 g/mol. The van der Waals surface area contributed by atoms with Gasteiger partial charge in [0.15, 0.2) is 5.82 Å². The van der Waals surface area contributed by atoms with Gasteiger partial charge in [0.05, 0.1) is 47.9 Å². The number of ether oxygens (including phenoxy) is 3. The van der Waals surface area contributed by atoms with Crippen molar-refractivity contribution in [3.63, 3.8) is 0 Å². The molecule has 2 aromatic heterocycles. The number of hydrogen-bond donors (Lipinski definition) is 3. The van der Waals surface area contributed by atoms with Crippen LogP contribution < -0.4 is 40.1 Å². The predicted molar refractivity (Wildman–Crippen MR) is 280 cm³/mol. The molecule has 3 aliphatic heterocycles. The minimum Gasteiger partial charge on any atom is -0.495 e. The molecule has 73 heavy (non-hydrogen) atoms. The second kappa shape index (κ2) is 21.7. The first-order valence-electron chi connectivity index (χ1n) is 25.9. The molecule has 4 aromatic rings. The van der Waals surface area contributed by atoms with Crippen molar-refractivity contribution in [2.24, 2.45) is 10.8 Å². The van der Waals surface area contributed by atoms with Crippen LogP contribution in [0.15, 0.2) is 55.0 Å². The van der Waals surface area contributed by atoms with Crippen LogP contribution in [0.2, 0.25) is 5.02 Å². The Balaban J connectivity index is 0.686. The normalized spacial score (nSPS) is 22.3. The number of nitrogens with zero attached hydrogens (tertiary/aromatic N) is 9. The first-order valence-corrected chi connectivity index (χ1v) is 26.2. The van der Waals surface area contributed by atoms with Crippen LogP contribution in [0.5, 0.6) is 11.5 Å². The van der Waals surface area contributed by atoms with E-state index in [4.69, 9.17) is 30.8 Å². The molecule has 0 bridgehead atoms. The number of amides is 3. The number of aromatic nitrogens is 4. The summed E-state index contributed by atoms with van der Waals surface area (Å²) in [5, 5.41) is 19.3. The number of benzene rings is 2. The average Bonchev–Trinajstić information content (AvgIpc) is 3.93. The summed E-state index contributed by atoms with van der Waals surface area (Å²) in [5.74, 6) is 2.52. The van der Waals surface area contributed by atoms with E-state index in [1.165, 1.54) is 0 Å². The fourth-order valence-corrected chi connectivity index (χ4v) is 12.3. The Hall–Kier alpha value is -6.29. The van der Waals surface area contributed by atoms with E-state index in [0.717, 1.165) is 89.9 Å². The molecule has 2 aromatic carbocycles. The van der Waals surface area contributed by atoms with E-state index in [1.807, 2.05) is 13.0 Å². The highest BCUT2D eigenvalue weighted by Crippen LogP contribution is 2.55. The highest BCUT2D eigenvalue weighted by atomic mass is 35.5. The Labute approximate surface area is 433 Å². The summed E-state index contributed by atoms with van der Waals surface area (Å²) < 4.78 is 18.5. The number of nitrogens with one attached hydrogen (secondary N) is 3. The fourth-order valence-electron chi connectivity index (χ4n) is 12.1. The lowest BCUT2D eigenvalue weighted by molar-refractivity contribution is -0.164. The van der Waals surface area contributed by atoms with Crippen molar-refractivity contribution in [3.05, 3.63) is 76.7 Å². The summed E-state index contributed by atoms with van der Waals surface area (Å²) in [6.45, 7) is 15.0. The molecule has 9 rings (SSSR count). The van der Waals surface area contributed by atoms with Gasteiger partial charge in [-0.1, -0.05) is 59.1 Å². The van der Waals surface area contributed by atoms with E-state index < -0.39 is 10.8 Å². The summed E-state index contributed by atoms with van der Waals surface area (Å²) >= 11 is 6.26. The molecule has 0 spiro atoms. The Morgan fingerprint density at radius 1 is 0.877 bits per heavy atom. The zero-order chi connectivity index (χ0) is 51.6. The van der Waals surface area contributed by atoms with Crippen molar-refractivity contribution in [2.75, 3.05) is 73.5 Å². The fraction of sp³-hybridized carbons (Fsp3) is 0.556. The number of piperidine rings is 2. The van der Waals surface area contributed by atoms with Gasteiger partial charge in [-0.05, 0) is 75.3 Å². The standard InChI is InChI=1S/C54H69ClN12O6/c1-8-42-48(70)64(6)43-32-57-51(62-45(43)67(42)37-11-9-10-12-37)61-41-16-14-33(27-44(41)71-7)46(68)60-36-17-21-65(22-18-36)25-26-72-38-19-23-66(24-20-38)52-58-30-35(31-59-52)47(69)63-49-53(2,3)50(54(49,4)5)73-39-15-13-34(29-56)40(55)28-39/h13-16,27-28,30-32,36-38,42,49-50H,8-12,17-26H2,1-7H3,(H,60,68)(H,63,69)(H,57,61,62). The summed E-state index contributed by atoms with van der Waals surface area (Å²) in [7, 11) is 3.37. The molecule has 2 saturated heterocycles. The monoisotopic (exact) mass is 1020 g/mol. The van der Waals surface area contributed by atoms with Crippen LogP contribution >= 0.6 is 11.6 Å². The second-order valence-corrected chi connectivity index (χ2v) is 21.7. The predicted octanol–water partition coefficient (Wildman–Crippen LogP) is 7.54. The summed E-state index contributed by atoms with van der Waals surface area (Å²) in [6, 6.07) is 12.4. The van der Waals surface area contributed by atoms with Crippen LogP contribution in [-0.2, 0) is 9.53 Å². The molecule has 388 valence electrons. The number of fused-ring (bicyclic) bond motifs is 1. The Bertz CT molecular complexity index is 2680. The molecule has 3 amide bonds. The molecule has 18 nitrogen and oxygen atoms in total. The molecule has 1 unspecified atom stereocenters. The third-order valence-corrected chi connectivity index (χ3v) is 16.2. The summed E-state index contributed by atoms with van der Waals surface area (Å²) in [5.41, 5.74) is 1.85. The van der Waals surface area contributed by atoms with Crippen LogP contribution in [0, 0.1) is 22.2 Å². The van der Waals surface area contributed by atoms with Gasteiger partial charge in [-0.25, -0.2) is 15.0 Å². The van der Waals surface area contributed by atoms with Gasteiger partial charge in [0.1, 0.15) is 35.4 Å². The molecule has 19 heteroatoms. The first kappa shape index (κ1) is 51.6. The number of halogens is 1. The van der Waals surface area contributed by atoms with Gasteiger partial charge >= 0.3 is 0 Å². The Morgan fingerprint density at radius 3 is 2.23 bits per heavy atom. The molecule has 2 aliphatic carbocycles. The van der Waals surface area contributed by atoms with E-state index in [0.29, 0.717) is 69.5 Å². The number of methoxy groups -OCH3 is 1. The number of likely N-dealkylation sites (N-methyl/N-ethyl adjacent to an activating group) is 1. The number of anilines is 5. The lowest BCUT2D eigenvalue weighted by Crippen LogP contribution is -2.74. The van der Waals surface area contributed by atoms with Crippen molar-refractivity contribution in [2.45, 2.75) is 129 Å². The first-order chi connectivity index (χ1) is 35.1. The van der Waals surface area contributed by atoms with Gasteiger partial charge in [0.2, 0.25) is 17.8 Å². The molecule has 2 saturated carbocycles. The largest absolute Gasteiger partial charge is 0.495 e. The van der Waals surface area contributed by atoms with Crippen LogP contribution in [0.3, 0.4) is 0 Å². The molecule has 3 N–H and O–H groups in total. The molecular weight excluding hydrogens is 948 g/mol. The Kier molecular flexibility index (Phi) is 15.3. The van der Waals surface area contributed by atoms with Crippen LogP contribution in [0.4, 0.5) is 29.1 Å². The molecule has 4 fully saturated rings. The van der Waals surface area contributed by atoms with Crippen molar-refractivity contribution >= 4 is 58.4 Å². The van der Waals surface area contributed by atoms with Gasteiger partial charge in [0.25, 0.3) is 11.8 Å². The van der Waals surface area contributed by atoms with Crippen LogP contribution in [0.1, 0.15) is 119 Å². The van der Waals surface area contributed by atoms with E-state index in [2.05, 4.69) is 79.4 Å². The topological polar surface area (TPSA) is 203 Å². The smallest absolute Gasteiger partial charge is 0.254 e. The van der Waals surface area contributed by atoms with Gasteiger partial charge in [0, 0.05) is 92.8 Å². The summed E-state index contributed by atoms with van der Waals surface area (Å²) in [4.78, 5) is 67.4. The maximum atomic E-state index is 13.5. The molecule has 1 atom stereocenters. The highest BCUT2D eigenvalue weighted by Gasteiger charge is 2.64. The van der Waals surface area contributed by atoms with Crippen molar-refractivity contribution < 1.29 is 28.6 Å². The van der Waals surface area contributed by atoms with Gasteiger partial charge in [-0.3, -0.25) is 14.4 Å². The van der Waals surface area contributed by atoms with E-state index in [9.17, 15) is 19.6 Å². The van der Waals surface area contributed by atoms with Crippen LogP contribution in [0.25, 0.3) is 0 Å². The maximum Gasteiger partial charge on any atom is 0.254 e. The second-order valence-electron chi connectivity index (χ2n) is 21.3. The third-order valence-electron chi connectivity index (χ3n) is 15.9. The zero-order valence-electron chi connectivity index (χ0n) is 43.1. The van der Waals surface area contributed by atoms with E-state index >= 15 is 0 Å². The number of hydrogen-bond acceptors (Lipinski definition) is 15.